The Hall–Kier alpha value is -3.56. The summed E-state index contributed by atoms with van der Waals surface area (Å²) in [5, 5.41) is 0. The number of benzene rings is 3. The van der Waals surface area contributed by atoms with Crippen molar-refractivity contribution in [2.45, 2.75) is 51.5 Å². The van der Waals surface area contributed by atoms with E-state index in [0.717, 1.165) is 22.4 Å². The summed E-state index contributed by atoms with van der Waals surface area (Å²) in [7, 11) is 0. The number of hydrogen-bond acceptors (Lipinski definition) is 3. The molecule has 3 aromatic carbocycles. The van der Waals surface area contributed by atoms with Gasteiger partial charge in [0, 0.05) is 21.7 Å². The SMILES string of the molecule is CC.CC1(C)C2C[C@@]34C(=CC2C2C=C3C21)c1ccccc1N4c1ccc(-c2ccccc2)nc1.Cc1ccccc1S. The monoisotopic (exact) mass is 568 g/mol. The van der Waals surface area contributed by atoms with Crippen molar-refractivity contribution in [3.05, 3.63) is 126 Å². The van der Waals surface area contributed by atoms with E-state index in [1.807, 2.05) is 45.0 Å². The van der Waals surface area contributed by atoms with Crippen LogP contribution in [0.3, 0.4) is 0 Å². The first-order valence-electron chi connectivity index (χ1n) is 15.5. The second-order valence-electron chi connectivity index (χ2n) is 12.7. The van der Waals surface area contributed by atoms with E-state index in [4.69, 9.17) is 4.98 Å². The van der Waals surface area contributed by atoms with Gasteiger partial charge in [-0.3, -0.25) is 4.98 Å². The lowest BCUT2D eigenvalue weighted by molar-refractivity contribution is 0.115. The van der Waals surface area contributed by atoms with E-state index in [1.165, 1.54) is 34.5 Å². The van der Waals surface area contributed by atoms with E-state index in [-0.39, 0.29) is 5.54 Å². The molecule has 9 rings (SSSR count). The number of aromatic nitrogens is 1. The molecule has 5 atom stereocenters. The van der Waals surface area contributed by atoms with E-state index < -0.39 is 0 Å². The molecule has 4 aliphatic carbocycles. The van der Waals surface area contributed by atoms with Crippen LogP contribution in [0.4, 0.5) is 11.4 Å². The molecule has 3 heteroatoms. The quantitative estimate of drug-likeness (QED) is 0.191. The maximum atomic E-state index is 4.92. The lowest BCUT2D eigenvalue weighted by Crippen LogP contribution is -2.57. The van der Waals surface area contributed by atoms with E-state index in [2.05, 4.69) is 116 Å². The molecule has 1 spiro atoms. The third kappa shape index (κ3) is 3.69. The van der Waals surface area contributed by atoms with Crippen LogP contribution in [0, 0.1) is 36.0 Å². The summed E-state index contributed by atoms with van der Waals surface area (Å²) < 4.78 is 0. The minimum Gasteiger partial charge on any atom is -0.325 e. The van der Waals surface area contributed by atoms with Crippen molar-refractivity contribution in [3.63, 3.8) is 0 Å². The van der Waals surface area contributed by atoms with Gasteiger partial charge in [-0.1, -0.05) is 107 Å². The second kappa shape index (κ2) is 10.0. The molecule has 2 fully saturated rings. The molecular weight excluding hydrogens is 529 g/mol. The van der Waals surface area contributed by atoms with Crippen LogP contribution in [0.5, 0.6) is 0 Å². The summed E-state index contributed by atoms with van der Waals surface area (Å²) in [5.41, 5.74) is 11.0. The van der Waals surface area contributed by atoms with Crippen molar-refractivity contribution in [2.75, 3.05) is 4.90 Å². The van der Waals surface area contributed by atoms with Crippen LogP contribution >= 0.6 is 12.6 Å². The van der Waals surface area contributed by atoms with Gasteiger partial charge in [0.15, 0.2) is 0 Å². The number of nitrogens with zero attached hydrogens (tertiary/aromatic N) is 2. The number of aryl methyl sites for hydroxylation is 1. The summed E-state index contributed by atoms with van der Waals surface area (Å²) in [6.07, 6.45) is 8.66. The lowest BCUT2D eigenvalue weighted by atomic mass is 9.52. The Labute approximate surface area is 256 Å². The number of thiol groups is 1. The van der Waals surface area contributed by atoms with Crippen LogP contribution in [0.2, 0.25) is 0 Å². The average molecular weight is 569 g/mol. The summed E-state index contributed by atoms with van der Waals surface area (Å²) in [4.78, 5) is 8.63. The van der Waals surface area contributed by atoms with Crippen LogP contribution in [0.25, 0.3) is 16.8 Å². The number of rotatable bonds is 2. The smallest absolute Gasteiger partial charge is 0.0925 e. The molecule has 212 valence electrons. The molecule has 4 aromatic rings. The lowest BCUT2D eigenvalue weighted by Gasteiger charge is -2.57. The molecule has 2 heterocycles. The number of hydrogen-bond donors (Lipinski definition) is 1. The van der Waals surface area contributed by atoms with Crippen molar-refractivity contribution in [2.24, 2.45) is 29.1 Å². The van der Waals surface area contributed by atoms with Gasteiger partial charge < -0.3 is 4.90 Å². The molecule has 2 nitrogen and oxygen atoms in total. The molecule has 0 amide bonds. The summed E-state index contributed by atoms with van der Waals surface area (Å²) in [6.45, 7) is 11.1. The van der Waals surface area contributed by atoms with Crippen molar-refractivity contribution in [1.82, 2.24) is 4.98 Å². The average Bonchev–Trinajstić information content (AvgIpc) is 3.13. The molecule has 1 aliphatic heterocycles. The van der Waals surface area contributed by atoms with Crippen molar-refractivity contribution in [3.8, 4) is 11.3 Å². The van der Waals surface area contributed by atoms with Gasteiger partial charge in [0.05, 0.1) is 23.1 Å². The maximum absolute atomic E-state index is 4.92. The van der Waals surface area contributed by atoms with Gasteiger partial charge in [-0.25, -0.2) is 0 Å². The highest BCUT2D eigenvalue weighted by atomic mass is 32.1. The Morgan fingerprint density at radius 2 is 1.52 bits per heavy atom. The number of allylic oxidation sites excluding steroid dienone is 2. The maximum Gasteiger partial charge on any atom is 0.0925 e. The van der Waals surface area contributed by atoms with Crippen molar-refractivity contribution < 1.29 is 0 Å². The van der Waals surface area contributed by atoms with Crippen molar-refractivity contribution in [1.29, 1.82) is 0 Å². The summed E-state index contributed by atoms with van der Waals surface area (Å²) in [6, 6.07) is 32.0. The molecule has 0 radical (unpaired) electrons. The molecule has 1 aromatic heterocycles. The fourth-order valence-corrected chi connectivity index (χ4v) is 8.91. The molecule has 2 saturated carbocycles. The predicted octanol–water partition coefficient (Wildman–Crippen LogP) is 10.2. The number of fused-ring (bicyclic) bond motifs is 3. The summed E-state index contributed by atoms with van der Waals surface area (Å²) >= 11 is 4.20. The predicted molar refractivity (Wildman–Crippen MR) is 179 cm³/mol. The van der Waals surface area contributed by atoms with Crippen LogP contribution < -0.4 is 4.90 Å². The molecule has 4 unspecified atom stereocenters. The Morgan fingerprint density at radius 3 is 2.21 bits per heavy atom. The third-order valence-corrected chi connectivity index (χ3v) is 11.1. The van der Waals surface area contributed by atoms with E-state index >= 15 is 0 Å². The van der Waals surface area contributed by atoms with Gasteiger partial charge in [-0.05, 0) is 83.4 Å². The normalized spacial score (nSPS) is 27.7. The Balaban J connectivity index is 0.000000250. The highest BCUT2D eigenvalue weighted by Crippen LogP contribution is 2.78. The Kier molecular flexibility index (Phi) is 6.51. The van der Waals surface area contributed by atoms with Crippen LogP contribution in [-0.2, 0) is 0 Å². The van der Waals surface area contributed by atoms with Crippen LogP contribution in [-0.4, -0.2) is 10.5 Å². The second-order valence-corrected chi connectivity index (χ2v) is 13.2. The molecule has 42 heavy (non-hydrogen) atoms. The van der Waals surface area contributed by atoms with Gasteiger partial charge in [0.2, 0.25) is 0 Å². The molecule has 0 saturated heterocycles. The minimum atomic E-state index is -0.0199. The molecule has 0 N–H and O–H groups in total. The number of pyridine rings is 1. The van der Waals surface area contributed by atoms with Gasteiger partial charge in [-0.15, -0.1) is 12.6 Å². The first-order chi connectivity index (χ1) is 20.4. The fraction of sp³-hybridized carbons (Fsp3) is 0.308. The van der Waals surface area contributed by atoms with Crippen molar-refractivity contribution >= 4 is 29.6 Å². The Bertz CT molecular complexity index is 1680. The molecular formula is C39H40N2S. The van der Waals surface area contributed by atoms with Crippen LogP contribution in [0.1, 0.15) is 45.2 Å². The van der Waals surface area contributed by atoms with Crippen LogP contribution in [0.15, 0.2) is 120 Å². The highest BCUT2D eigenvalue weighted by molar-refractivity contribution is 7.80. The van der Waals surface area contributed by atoms with E-state index in [1.54, 1.807) is 11.1 Å². The van der Waals surface area contributed by atoms with Gasteiger partial charge >= 0.3 is 0 Å². The number of para-hydroxylation sites is 1. The minimum absolute atomic E-state index is 0.0199. The van der Waals surface area contributed by atoms with Gasteiger partial charge in [0.1, 0.15) is 0 Å². The summed E-state index contributed by atoms with van der Waals surface area (Å²) in [5.74, 6) is 2.91. The first-order valence-corrected chi connectivity index (χ1v) is 16.0. The zero-order valence-electron chi connectivity index (χ0n) is 25.3. The van der Waals surface area contributed by atoms with E-state index in [0.29, 0.717) is 17.3 Å². The zero-order valence-corrected chi connectivity index (χ0v) is 26.1. The van der Waals surface area contributed by atoms with E-state index in [9.17, 15) is 0 Å². The largest absolute Gasteiger partial charge is 0.325 e. The first kappa shape index (κ1) is 27.3. The van der Waals surface area contributed by atoms with Gasteiger partial charge in [-0.2, -0.15) is 0 Å². The standard InChI is InChI=1S/C30H26N2.C7H8S.C2H6/c1-29(2)25-16-30-23(14-21(25)22-15-24(30)28(22)29)20-10-6-7-11-27(20)32(30)19-12-13-26(31-17-19)18-8-4-3-5-9-18;1-6-4-2-3-5-7(6)8;1-2/h3-15,17,21-22,25,28H,16H2,1-2H3;2-5,8H,1H3;1-2H3/t21?,22?,25?,28?,30-;;/m1../s1. The third-order valence-electron chi connectivity index (χ3n) is 10.6. The zero-order chi connectivity index (χ0) is 29.2. The fourth-order valence-electron chi connectivity index (χ4n) is 8.75. The molecule has 5 aliphatic rings. The Morgan fingerprint density at radius 1 is 0.810 bits per heavy atom. The highest BCUT2D eigenvalue weighted by Gasteiger charge is 2.73. The van der Waals surface area contributed by atoms with Gasteiger partial charge in [0.25, 0.3) is 0 Å². The number of anilines is 2. The topological polar surface area (TPSA) is 16.1 Å². The molecule has 3 bridgehead atoms.